The van der Waals surface area contributed by atoms with Crippen LogP contribution in [0.4, 0.5) is 0 Å². The van der Waals surface area contributed by atoms with Crippen molar-refractivity contribution in [3.8, 4) is 0 Å². The second-order valence-corrected chi connectivity index (χ2v) is 11.4. The lowest BCUT2D eigenvalue weighted by Gasteiger charge is -2.23. The van der Waals surface area contributed by atoms with Crippen LogP contribution in [0.2, 0.25) is 0 Å². The Labute approximate surface area is 161 Å². The van der Waals surface area contributed by atoms with Gasteiger partial charge in [-0.1, -0.05) is 13.0 Å². The lowest BCUT2D eigenvalue weighted by molar-refractivity contribution is -0.121. The Bertz CT molecular complexity index is 925. The molecule has 150 valence electrons. The molecule has 1 heterocycles. The fraction of sp³-hybridized carbons (Fsp3) is 0.611. The van der Waals surface area contributed by atoms with Gasteiger partial charge in [0.25, 0.3) is 0 Å². The highest BCUT2D eigenvalue weighted by molar-refractivity contribution is 7.91. The number of sulfone groups is 1. The third-order valence-electron chi connectivity index (χ3n) is 5.23. The van der Waals surface area contributed by atoms with E-state index in [2.05, 4.69) is 5.32 Å². The van der Waals surface area contributed by atoms with E-state index in [4.69, 9.17) is 0 Å². The van der Waals surface area contributed by atoms with E-state index in [1.807, 2.05) is 6.07 Å². The predicted molar refractivity (Wildman–Crippen MR) is 103 cm³/mol. The monoisotopic (exact) mass is 414 g/mol. The van der Waals surface area contributed by atoms with Crippen molar-refractivity contribution in [2.45, 2.75) is 50.0 Å². The quantitative estimate of drug-likeness (QED) is 0.745. The summed E-state index contributed by atoms with van der Waals surface area (Å²) >= 11 is 0. The van der Waals surface area contributed by atoms with Crippen LogP contribution >= 0.6 is 0 Å². The van der Waals surface area contributed by atoms with Crippen LogP contribution in [0, 0.1) is 0 Å². The van der Waals surface area contributed by atoms with Crippen molar-refractivity contribution < 1.29 is 21.6 Å². The van der Waals surface area contributed by atoms with Crippen molar-refractivity contribution in [3.05, 3.63) is 29.3 Å². The van der Waals surface area contributed by atoms with Crippen LogP contribution in [-0.4, -0.2) is 57.7 Å². The summed E-state index contributed by atoms with van der Waals surface area (Å²) in [6, 6.07) is 4.78. The standard InChI is InChI=1S/C18H26N2O5S2/c1-2-20(12-18(21)19-16-9-10-26(22,23)13-16)27(24,25)17-8-7-14-5-3-4-6-15(14)11-17/h7-8,11,16H,2-6,9-10,12-13H2,1H3,(H,19,21)/t16-/m1/s1. The van der Waals surface area contributed by atoms with Gasteiger partial charge in [0, 0.05) is 12.6 Å². The Morgan fingerprint density at radius 3 is 2.56 bits per heavy atom. The van der Waals surface area contributed by atoms with Crippen LogP contribution < -0.4 is 5.32 Å². The summed E-state index contributed by atoms with van der Waals surface area (Å²) in [4.78, 5) is 12.5. The molecule has 1 aliphatic heterocycles. The summed E-state index contributed by atoms with van der Waals surface area (Å²) in [5, 5.41) is 2.65. The molecule has 7 nitrogen and oxygen atoms in total. The van der Waals surface area contributed by atoms with E-state index in [9.17, 15) is 21.6 Å². The molecular weight excluding hydrogens is 388 g/mol. The molecule has 27 heavy (non-hydrogen) atoms. The van der Waals surface area contributed by atoms with Crippen LogP contribution in [-0.2, 0) is 37.5 Å². The molecule has 0 spiro atoms. The maximum atomic E-state index is 13.0. The molecule has 3 rings (SSSR count). The van der Waals surface area contributed by atoms with Crippen molar-refractivity contribution in [1.82, 2.24) is 9.62 Å². The first-order chi connectivity index (χ1) is 12.7. The number of nitrogens with one attached hydrogen (secondary N) is 1. The second kappa shape index (κ2) is 7.89. The average Bonchev–Trinajstić information content (AvgIpc) is 2.97. The van der Waals surface area contributed by atoms with Crippen molar-refractivity contribution in [3.63, 3.8) is 0 Å². The molecular formula is C18H26N2O5S2. The summed E-state index contributed by atoms with van der Waals surface area (Å²) in [6.45, 7) is 1.53. The SMILES string of the molecule is CCN(CC(=O)N[C@@H]1CCS(=O)(=O)C1)S(=O)(=O)c1ccc2c(c1)CCCC2. The topological polar surface area (TPSA) is 101 Å². The second-order valence-electron chi connectivity index (χ2n) is 7.24. The molecule has 1 amide bonds. The van der Waals surface area contributed by atoms with Crippen molar-refractivity contribution in [2.24, 2.45) is 0 Å². The predicted octanol–water partition coefficient (Wildman–Crippen LogP) is 0.879. The van der Waals surface area contributed by atoms with E-state index in [0.29, 0.717) is 6.42 Å². The van der Waals surface area contributed by atoms with Crippen molar-refractivity contribution in [2.75, 3.05) is 24.6 Å². The highest BCUT2D eigenvalue weighted by atomic mass is 32.2. The number of hydrogen-bond acceptors (Lipinski definition) is 5. The Kier molecular flexibility index (Phi) is 5.93. The molecule has 1 aliphatic carbocycles. The molecule has 2 aliphatic rings. The summed E-state index contributed by atoms with van der Waals surface area (Å²) in [5.74, 6) is -0.494. The van der Waals surface area contributed by atoms with Crippen LogP contribution in [0.15, 0.2) is 23.1 Å². The Balaban J connectivity index is 1.71. The number of amides is 1. The molecule has 0 radical (unpaired) electrons. The van der Waals surface area contributed by atoms with Gasteiger partial charge in [0.2, 0.25) is 15.9 Å². The number of sulfonamides is 1. The Morgan fingerprint density at radius 2 is 1.93 bits per heavy atom. The summed E-state index contributed by atoms with van der Waals surface area (Å²) < 4.78 is 50.1. The van der Waals surface area contributed by atoms with Crippen molar-refractivity contribution in [1.29, 1.82) is 0 Å². The van der Waals surface area contributed by atoms with Gasteiger partial charge >= 0.3 is 0 Å². The van der Waals surface area contributed by atoms with E-state index in [0.717, 1.165) is 35.6 Å². The van der Waals surface area contributed by atoms with E-state index in [1.54, 1.807) is 19.1 Å². The number of carbonyl (C=O) groups is 1. The molecule has 1 aromatic carbocycles. The number of rotatable bonds is 6. The highest BCUT2D eigenvalue weighted by Gasteiger charge is 2.31. The van der Waals surface area contributed by atoms with Crippen molar-refractivity contribution >= 4 is 25.8 Å². The Morgan fingerprint density at radius 1 is 1.22 bits per heavy atom. The van der Waals surface area contributed by atoms with Gasteiger partial charge < -0.3 is 5.32 Å². The van der Waals surface area contributed by atoms with Gasteiger partial charge in [-0.15, -0.1) is 0 Å². The first-order valence-electron chi connectivity index (χ1n) is 9.33. The van der Waals surface area contributed by atoms with Crippen LogP contribution in [0.1, 0.15) is 37.3 Å². The molecule has 0 bridgehead atoms. The van der Waals surface area contributed by atoms with E-state index >= 15 is 0 Å². The number of benzene rings is 1. The maximum Gasteiger partial charge on any atom is 0.243 e. The molecule has 0 unspecified atom stereocenters. The van der Waals surface area contributed by atoms with Crippen LogP contribution in [0.3, 0.4) is 0 Å². The van der Waals surface area contributed by atoms with E-state index in [1.165, 1.54) is 5.56 Å². The molecule has 1 N–H and O–H groups in total. The average molecular weight is 415 g/mol. The first-order valence-corrected chi connectivity index (χ1v) is 12.6. The fourth-order valence-corrected chi connectivity index (χ4v) is 6.86. The number of hydrogen-bond donors (Lipinski definition) is 1. The normalized spacial score (nSPS) is 21.8. The molecule has 9 heteroatoms. The minimum atomic E-state index is -3.78. The number of carbonyl (C=O) groups excluding carboxylic acids is 1. The Hall–Kier alpha value is -1.45. The highest BCUT2D eigenvalue weighted by Crippen LogP contribution is 2.25. The van der Waals surface area contributed by atoms with Gasteiger partial charge in [-0.25, -0.2) is 16.8 Å². The van der Waals surface area contributed by atoms with Gasteiger partial charge in [-0.2, -0.15) is 4.31 Å². The van der Waals surface area contributed by atoms with Crippen LogP contribution in [0.5, 0.6) is 0 Å². The van der Waals surface area contributed by atoms with E-state index < -0.39 is 31.8 Å². The van der Waals surface area contributed by atoms with Gasteiger partial charge in [0.05, 0.1) is 22.9 Å². The summed E-state index contributed by atoms with van der Waals surface area (Å²) in [6.07, 6.45) is 4.40. The first kappa shape index (κ1) is 20.3. The zero-order valence-corrected chi connectivity index (χ0v) is 17.1. The molecule has 1 fully saturated rings. The largest absolute Gasteiger partial charge is 0.351 e. The zero-order valence-electron chi connectivity index (χ0n) is 15.5. The van der Waals surface area contributed by atoms with Gasteiger partial charge in [-0.05, 0) is 55.4 Å². The minimum Gasteiger partial charge on any atom is -0.351 e. The summed E-state index contributed by atoms with van der Waals surface area (Å²) in [7, 11) is -6.88. The summed E-state index contributed by atoms with van der Waals surface area (Å²) in [5.41, 5.74) is 2.27. The molecule has 1 aromatic rings. The lowest BCUT2D eigenvalue weighted by Crippen LogP contribution is -2.44. The number of aryl methyl sites for hydroxylation is 2. The van der Waals surface area contributed by atoms with E-state index in [-0.39, 0.29) is 29.5 Å². The number of nitrogens with zero attached hydrogens (tertiary/aromatic N) is 1. The zero-order chi connectivity index (χ0) is 19.7. The van der Waals surface area contributed by atoms with Gasteiger partial charge in [-0.3, -0.25) is 4.79 Å². The number of fused-ring (bicyclic) bond motifs is 1. The van der Waals surface area contributed by atoms with Crippen LogP contribution in [0.25, 0.3) is 0 Å². The molecule has 1 saturated heterocycles. The molecule has 0 aromatic heterocycles. The third kappa shape index (κ3) is 4.70. The smallest absolute Gasteiger partial charge is 0.243 e. The lowest BCUT2D eigenvalue weighted by atomic mass is 9.92. The minimum absolute atomic E-state index is 0.0584. The molecule has 0 saturated carbocycles. The maximum absolute atomic E-state index is 13.0. The molecule has 1 atom stereocenters. The number of likely N-dealkylation sites (N-methyl/N-ethyl adjacent to an activating group) is 1. The third-order valence-corrected chi connectivity index (χ3v) is 8.91. The fourth-order valence-electron chi connectivity index (χ4n) is 3.73. The van der Waals surface area contributed by atoms with Gasteiger partial charge in [0.1, 0.15) is 0 Å². The van der Waals surface area contributed by atoms with Gasteiger partial charge in [0.15, 0.2) is 9.84 Å².